The first kappa shape index (κ1) is 20.2. The van der Waals surface area contributed by atoms with Crippen LogP contribution in [0.1, 0.15) is 25.7 Å². The Morgan fingerprint density at radius 2 is 1.78 bits per heavy atom. The fourth-order valence-electron chi connectivity index (χ4n) is 2.33. The van der Waals surface area contributed by atoms with Gasteiger partial charge in [0.25, 0.3) is 0 Å². The summed E-state index contributed by atoms with van der Waals surface area (Å²) < 4.78 is 27.2. The van der Waals surface area contributed by atoms with Crippen LogP contribution in [0.2, 0.25) is 5.02 Å². The number of hydrogen-bond donors (Lipinski definition) is 2. The van der Waals surface area contributed by atoms with Gasteiger partial charge in [-0.3, -0.25) is 0 Å². The lowest BCUT2D eigenvalue weighted by atomic mass is 10.1. The number of rotatable bonds is 8. The number of fused-ring (bicyclic) bond motifs is 1. The third-order valence-electron chi connectivity index (χ3n) is 3.58. The van der Waals surface area contributed by atoms with Gasteiger partial charge in [0.1, 0.15) is 0 Å². The highest BCUT2D eigenvalue weighted by atomic mass is 35.5. The molecule has 7 heteroatoms. The molecule has 0 saturated carbocycles. The SMILES string of the molecule is [Cl-].[NH3+]CCCCCCNS(=O)(=O)c1ccc2c(Cl)cccc2c1. The fraction of sp³-hybridized carbons (Fsp3) is 0.375. The minimum Gasteiger partial charge on any atom is -1.00 e. The normalized spacial score (nSPS) is 11.4. The molecule has 0 fully saturated rings. The summed E-state index contributed by atoms with van der Waals surface area (Å²) in [6.07, 6.45) is 4.06. The molecule has 4 N–H and O–H groups in total. The summed E-state index contributed by atoms with van der Waals surface area (Å²) >= 11 is 6.10. The smallest absolute Gasteiger partial charge is 0.240 e. The molecule has 0 bridgehead atoms. The third-order valence-corrected chi connectivity index (χ3v) is 5.37. The minimum absolute atomic E-state index is 0. The number of hydrogen-bond acceptors (Lipinski definition) is 2. The number of benzene rings is 2. The zero-order valence-electron chi connectivity index (χ0n) is 12.9. The van der Waals surface area contributed by atoms with Crippen molar-refractivity contribution >= 4 is 32.4 Å². The molecule has 23 heavy (non-hydrogen) atoms. The van der Waals surface area contributed by atoms with Gasteiger partial charge in [-0.1, -0.05) is 36.2 Å². The van der Waals surface area contributed by atoms with Crippen LogP contribution < -0.4 is 22.9 Å². The molecule has 0 aliphatic carbocycles. The molecule has 0 atom stereocenters. The highest BCUT2D eigenvalue weighted by molar-refractivity contribution is 7.89. The van der Waals surface area contributed by atoms with Crippen molar-refractivity contribution in [3.8, 4) is 0 Å². The first-order chi connectivity index (χ1) is 10.5. The van der Waals surface area contributed by atoms with E-state index in [2.05, 4.69) is 10.5 Å². The second-order valence-corrected chi connectivity index (χ2v) is 7.46. The predicted molar refractivity (Wildman–Crippen MR) is 90.4 cm³/mol. The van der Waals surface area contributed by atoms with Gasteiger partial charge in [-0.2, -0.15) is 0 Å². The molecule has 2 aromatic carbocycles. The molecule has 2 rings (SSSR count). The maximum absolute atomic E-state index is 12.3. The summed E-state index contributed by atoms with van der Waals surface area (Å²) in [6, 6.07) is 10.5. The van der Waals surface area contributed by atoms with E-state index in [0.29, 0.717) is 11.6 Å². The van der Waals surface area contributed by atoms with Crippen molar-refractivity contribution in [3.63, 3.8) is 0 Å². The maximum atomic E-state index is 12.3. The molecule has 0 amide bonds. The Hall–Kier alpha value is -0.850. The van der Waals surface area contributed by atoms with Gasteiger partial charge in [0.2, 0.25) is 10.0 Å². The molecule has 0 aliphatic heterocycles. The molecule has 0 saturated heterocycles. The van der Waals surface area contributed by atoms with Crippen LogP contribution in [-0.2, 0) is 10.0 Å². The largest absolute Gasteiger partial charge is 1.00 e. The van der Waals surface area contributed by atoms with Crippen molar-refractivity contribution in [1.82, 2.24) is 4.72 Å². The molecule has 128 valence electrons. The van der Waals surface area contributed by atoms with Crippen LogP contribution in [0.4, 0.5) is 0 Å². The van der Waals surface area contributed by atoms with E-state index >= 15 is 0 Å². The molecule has 0 heterocycles. The van der Waals surface area contributed by atoms with E-state index in [0.717, 1.165) is 43.0 Å². The monoisotopic (exact) mass is 376 g/mol. The van der Waals surface area contributed by atoms with Gasteiger partial charge in [-0.15, -0.1) is 0 Å². The lowest BCUT2D eigenvalue weighted by molar-refractivity contribution is -0.368. The molecule has 0 radical (unpaired) electrons. The first-order valence-electron chi connectivity index (χ1n) is 7.52. The summed E-state index contributed by atoms with van der Waals surface area (Å²) in [5, 5.41) is 2.31. The average molecular weight is 377 g/mol. The molecule has 0 aliphatic rings. The van der Waals surface area contributed by atoms with Crippen LogP contribution >= 0.6 is 11.6 Å². The zero-order chi connectivity index (χ0) is 16.0. The Morgan fingerprint density at radius 3 is 2.52 bits per heavy atom. The lowest BCUT2D eigenvalue weighted by Crippen LogP contribution is -3.00. The Balaban J connectivity index is 0.00000264. The molecule has 0 spiro atoms. The number of unbranched alkanes of at least 4 members (excludes halogenated alkanes) is 3. The quantitative estimate of drug-likeness (QED) is 0.614. The second kappa shape index (κ2) is 9.45. The molecule has 4 nitrogen and oxygen atoms in total. The standard InChI is InChI=1S/C16H21ClN2O2S.ClH/c17-16-7-5-6-13-12-14(8-9-15(13)16)22(20,21)19-11-4-2-1-3-10-18;/h5-9,12,19H,1-4,10-11,18H2;1H. The molecule has 2 aromatic rings. The van der Waals surface area contributed by atoms with Gasteiger partial charge in [0.05, 0.1) is 11.4 Å². The Labute approximate surface area is 148 Å². The number of halogens is 2. The van der Waals surface area contributed by atoms with Crippen molar-refractivity contribution in [2.45, 2.75) is 30.6 Å². The fourth-order valence-corrected chi connectivity index (χ4v) is 3.69. The Bertz CT molecular complexity index is 736. The topological polar surface area (TPSA) is 73.8 Å². The van der Waals surface area contributed by atoms with Crippen LogP contribution in [0.5, 0.6) is 0 Å². The van der Waals surface area contributed by atoms with Crippen molar-refractivity contribution in [2.24, 2.45) is 0 Å². The van der Waals surface area contributed by atoms with Gasteiger partial charge in [-0.25, -0.2) is 13.1 Å². The van der Waals surface area contributed by atoms with E-state index in [1.165, 1.54) is 0 Å². The van der Waals surface area contributed by atoms with E-state index < -0.39 is 10.0 Å². The average Bonchev–Trinajstić information content (AvgIpc) is 2.50. The van der Waals surface area contributed by atoms with Gasteiger partial charge < -0.3 is 18.1 Å². The summed E-state index contributed by atoms with van der Waals surface area (Å²) in [4.78, 5) is 0.278. The van der Waals surface area contributed by atoms with Crippen LogP contribution in [-0.4, -0.2) is 21.5 Å². The first-order valence-corrected chi connectivity index (χ1v) is 9.38. The molecular formula is C16H22Cl2N2O2S. The zero-order valence-corrected chi connectivity index (χ0v) is 15.2. The summed E-state index contributed by atoms with van der Waals surface area (Å²) in [5.74, 6) is 0. The Morgan fingerprint density at radius 1 is 1.04 bits per heavy atom. The highest BCUT2D eigenvalue weighted by Crippen LogP contribution is 2.25. The molecule has 0 unspecified atom stereocenters. The van der Waals surface area contributed by atoms with Gasteiger partial charge in [0, 0.05) is 17.0 Å². The van der Waals surface area contributed by atoms with Crippen LogP contribution in [0.15, 0.2) is 41.3 Å². The molecular weight excluding hydrogens is 355 g/mol. The summed E-state index contributed by atoms with van der Waals surface area (Å²) in [7, 11) is -3.46. The van der Waals surface area contributed by atoms with Crippen LogP contribution in [0, 0.1) is 0 Å². The number of nitrogens with one attached hydrogen (secondary N) is 1. The summed E-state index contributed by atoms with van der Waals surface area (Å²) in [6.45, 7) is 1.40. The Kier molecular flexibility index (Phi) is 8.29. The van der Waals surface area contributed by atoms with Crippen LogP contribution in [0.3, 0.4) is 0 Å². The third kappa shape index (κ3) is 5.62. The van der Waals surface area contributed by atoms with Gasteiger partial charge in [-0.05, 0) is 42.8 Å². The molecule has 0 aromatic heterocycles. The lowest BCUT2D eigenvalue weighted by Gasteiger charge is -2.08. The number of quaternary nitrogens is 1. The van der Waals surface area contributed by atoms with E-state index in [4.69, 9.17) is 11.6 Å². The predicted octanol–water partition coefficient (Wildman–Crippen LogP) is -0.422. The van der Waals surface area contributed by atoms with Crippen molar-refractivity contribution in [3.05, 3.63) is 41.4 Å². The number of sulfonamides is 1. The van der Waals surface area contributed by atoms with Crippen molar-refractivity contribution in [2.75, 3.05) is 13.1 Å². The van der Waals surface area contributed by atoms with Gasteiger partial charge >= 0.3 is 0 Å². The van der Waals surface area contributed by atoms with Crippen LogP contribution in [0.25, 0.3) is 10.8 Å². The summed E-state index contributed by atoms with van der Waals surface area (Å²) in [5.41, 5.74) is 3.79. The van der Waals surface area contributed by atoms with Gasteiger partial charge in [0.15, 0.2) is 0 Å². The van der Waals surface area contributed by atoms with Crippen molar-refractivity contribution in [1.29, 1.82) is 0 Å². The van der Waals surface area contributed by atoms with E-state index in [-0.39, 0.29) is 17.3 Å². The minimum atomic E-state index is -3.46. The van der Waals surface area contributed by atoms with Crippen molar-refractivity contribution < 1.29 is 26.6 Å². The maximum Gasteiger partial charge on any atom is 0.240 e. The highest BCUT2D eigenvalue weighted by Gasteiger charge is 2.14. The second-order valence-electron chi connectivity index (χ2n) is 5.29. The van der Waals surface area contributed by atoms with E-state index in [9.17, 15) is 8.42 Å². The van der Waals surface area contributed by atoms with E-state index in [1.54, 1.807) is 24.3 Å². The van der Waals surface area contributed by atoms with E-state index in [1.807, 2.05) is 12.1 Å².